The molecular weight excluding hydrogens is 204 g/mol. The minimum atomic E-state index is 0.248. The van der Waals surface area contributed by atoms with Crippen LogP contribution in [0.5, 0.6) is 0 Å². The molecular formula is C11H18N4O. The molecule has 0 atom stereocenters. The van der Waals surface area contributed by atoms with Crippen molar-refractivity contribution in [2.24, 2.45) is 5.92 Å². The van der Waals surface area contributed by atoms with E-state index in [9.17, 15) is 0 Å². The van der Waals surface area contributed by atoms with Crippen LogP contribution in [-0.2, 0) is 12.8 Å². The Morgan fingerprint density at radius 1 is 1.19 bits per heavy atom. The highest BCUT2D eigenvalue weighted by Crippen LogP contribution is 2.20. The molecule has 5 heteroatoms. The molecule has 0 unspecified atom stereocenters. The standard InChI is InChI=1S/C11H18N4O/c1-3-9-10(4-2)13-14-11(12-9)15-5-8(6-15)7-16/h8,16H,3-7H2,1-2H3. The van der Waals surface area contributed by atoms with Gasteiger partial charge in [0.25, 0.3) is 0 Å². The lowest BCUT2D eigenvalue weighted by Gasteiger charge is -2.38. The zero-order chi connectivity index (χ0) is 11.5. The highest BCUT2D eigenvalue weighted by molar-refractivity contribution is 5.34. The Hall–Kier alpha value is -1.23. The third kappa shape index (κ3) is 2.00. The van der Waals surface area contributed by atoms with Gasteiger partial charge >= 0.3 is 0 Å². The second-order valence-electron chi connectivity index (χ2n) is 4.17. The molecule has 1 aromatic rings. The van der Waals surface area contributed by atoms with E-state index >= 15 is 0 Å². The van der Waals surface area contributed by atoms with E-state index in [4.69, 9.17) is 5.11 Å². The van der Waals surface area contributed by atoms with Gasteiger partial charge in [-0.2, -0.15) is 5.10 Å². The summed E-state index contributed by atoms with van der Waals surface area (Å²) in [5, 5.41) is 17.3. The number of hydrogen-bond acceptors (Lipinski definition) is 5. The first-order valence-corrected chi connectivity index (χ1v) is 5.86. The monoisotopic (exact) mass is 222 g/mol. The predicted octanol–water partition coefficient (Wildman–Crippen LogP) is 0.425. The summed E-state index contributed by atoms with van der Waals surface area (Å²) in [6.45, 7) is 6.08. The van der Waals surface area contributed by atoms with Gasteiger partial charge < -0.3 is 10.0 Å². The third-order valence-electron chi connectivity index (χ3n) is 3.00. The Labute approximate surface area is 95.5 Å². The van der Waals surface area contributed by atoms with E-state index < -0.39 is 0 Å². The van der Waals surface area contributed by atoms with Crippen molar-refractivity contribution in [2.75, 3.05) is 24.6 Å². The Kier molecular flexibility index (Phi) is 3.33. The highest BCUT2D eigenvalue weighted by Gasteiger charge is 2.28. The molecule has 1 fully saturated rings. The number of hydrogen-bond donors (Lipinski definition) is 1. The Bertz CT molecular complexity index is 363. The molecule has 0 saturated carbocycles. The maximum absolute atomic E-state index is 8.95. The molecule has 1 saturated heterocycles. The summed E-state index contributed by atoms with van der Waals surface area (Å²) in [7, 11) is 0. The molecule has 0 bridgehead atoms. The minimum absolute atomic E-state index is 0.248. The fourth-order valence-electron chi connectivity index (χ4n) is 1.91. The predicted molar refractivity (Wildman–Crippen MR) is 61.4 cm³/mol. The zero-order valence-electron chi connectivity index (χ0n) is 9.85. The van der Waals surface area contributed by atoms with Crippen LogP contribution in [0.2, 0.25) is 0 Å². The lowest BCUT2D eigenvalue weighted by Crippen LogP contribution is -2.49. The Balaban J connectivity index is 2.11. The van der Waals surface area contributed by atoms with Crippen LogP contribution in [0.15, 0.2) is 0 Å². The fraction of sp³-hybridized carbons (Fsp3) is 0.727. The average Bonchev–Trinajstić information content (AvgIpc) is 2.27. The van der Waals surface area contributed by atoms with Crippen LogP contribution in [0.25, 0.3) is 0 Å². The maximum atomic E-state index is 8.95. The van der Waals surface area contributed by atoms with Crippen molar-refractivity contribution in [2.45, 2.75) is 26.7 Å². The van der Waals surface area contributed by atoms with Gasteiger partial charge in [-0.25, -0.2) is 4.98 Å². The second-order valence-corrected chi connectivity index (χ2v) is 4.17. The molecule has 0 aromatic carbocycles. The van der Waals surface area contributed by atoms with Crippen LogP contribution in [0.3, 0.4) is 0 Å². The molecule has 2 heterocycles. The van der Waals surface area contributed by atoms with E-state index in [1.165, 1.54) is 0 Å². The topological polar surface area (TPSA) is 62.1 Å². The van der Waals surface area contributed by atoms with E-state index in [0.29, 0.717) is 11.9 Å². The number of aliphatic hydroxyl groups is 1. The quantitative estimate of drug-likeness (QED) is 0.800. The van der Waals surface area contributed by atoms with Crippen molar-refractivity contribution in [1.82, 2.24) is 15.2 Å². The third-order valence-corrected chi connectivity index (χ3v) is 3.00. The van der Waals surface area contributed by atoms with Crippen molar-refractivity contribution in [3.05, 3.63) is 11.4 Å². The van der Waals surface area contributed by atoms with Crippen LogP contribution >= 0.6 is 0 Å². The van der Waals surface area contributed by atoms with Crippen molar-refractivity contribution in [3.63, 3.8) is 0 Å². The van der Waals surface area contributed by atoms with Gasteiger partial charge in [-0.15, -0.1) is 5.10 Å². The number of rotatable bonds is 4. The summed E-state index contributed by atoms with van der Waals surface area (Å²) in [6, 6.07) is 0. The molecule has 0 amide bonds. The average molecular weight is 222 g/mol. The van der Waals surface area contributed by atoms with Crippen LogP contribution in [-0.4, -0.2) is 40.0 Å². The van der Waals surface area contributed by atoms with Crippen LogP contribution < -0.4 is 4.90 Å². The number of aryl methyl sites for hydroxylation is 2. The second kappa shape index (κ2) is 4.74. The van der Waals surface area contributed by atoms with E-state index in [1.54, 1.807) is 0 Å². The maximum Gasteiger partial charge on any atom is 0.245 e. The van der Waals surface area contributed by atoms with Gasteiger partial charge in [0.1, 0.15) is 0 Å². The smallest absolute Gasteiger partial charge is 0.245 e. The number of aliphatic hydroxyl groups excluding tert-OH is 1. The lowest BCUT2D eigenvalue weighted by atomic mass is 10.0. The van der Waals surface area contributed by atoms with Gasteiger partial charge in [0, 0.05) is 25.6 Å². The summed E-state index contributed by atoms with van der Waals surface area (Å²) in [5.41, 5.74) is 2.03. The Morgan fingerprint density at radius 2 is 1.88 bits per heavy atom. The number of nitrogens with zero attached hydrogens (tertiary/aromatic N) is 4. The van der Waals surface area contributed by atoms with Crippen LogP contribution in [0, 0.1) is 5.92 Å². The van der Waals surface area contributed by atoms with E-state index in [2.05, 4.69) is 33.9 Å². The first-order valence-electron chi connectivity index (χ1n) is 5.86. The molecule has 1 aliphatic rings. The van der Waals surface area contributed by atoms with Crippen molar-refractivity contribution in [3.8, 4) is 0 Å². The molecule has 0 radical (unpaired) electrons. The summed E-state index contributed by atoms with van der Waals surface area (Å²) < 4.78 is 0. The lowest BCUT2D eigenvalue weighted by molar-refractivity contribution is 0.199. The van der Waals surface area contributed by atoms with E-state index in [1.807, 2.05) is 0 Å². The van der Waals surface area contributed by atoms with E-state index in [-0.39, 0.29) is 6.61 Å². The van der Waals surface area contributed by atoms with Gasteiger partial charge in [0.2, 0.25) is 5.95 Å². The van der Waals surface area contributed by atoms with Gasteiger partial charge in [0.05, 0.1) is 11.4 Å². The first-order chi connectivity index (χ1) is 7.78. The largest absolute Gasteiger partial charge is 0.396 e. The fourth-order valence-corrected chi connectivity index (χ4v) is 1.91. The van der Waals surface area contributed by atoms with Gasteiger partial charge in [0.15, 0.2) is 0 Å². The number of anilines is 1. The summed E-state index contributed by atoms with van der Waals surface area (Å²) in [4.78, 5) is 6.59. The molecule has 16 heavy (non-hydrogen) atoms. The summed E-state index contributed by atoms with van der Waals surface area (Å²) >= 11 is 0. The molecule has 1 N–H and O–H groups in total. The highest BCUT2D eigenvalue weighted by atomic mass is 16.3. The van der Waals surface area contributed by atoms with Crippen molar-refractivity contribution < 1.29 is 5.11 Å². The van der Waals surface area contributed by atoms with Crippen molar-refractivity contribution in [1.29, 1.82) is 0 Å². The van der Waals surface area contributed by atoms with Gasteiger partial charge in [-0.05, 0) is 12.8 Å². The van der Waals surface area contributed by atoms with Crippen LogP contribution in [0.4, 0.5) is 5.95 Å². The molecule has 1 aromatic heterocycles. The summed E-state index contributed by atoms with van der Waals surface area (Å²) in [6.07, 6.45) is 1.77. The number of aromatic nitrogens is 3. The van der Waals surface area contributed by atoms with E-state index in [0.717, 1.165) is 37.3 Å². The molecule has 0 aliphatic carbocycles. The van der Waals surface area contributed by atoms with Gasteiger partial charge in [-0.3, -0.25) is 0 Å². The Morgan fingerprint density at radius 3 is 2.44 bits per heavy atom. The SMILES string of the molecule is CCc1nnc(N2CC(CO)C2)nc1CC. The molecule has 1 aliphatic heterocycles. The van der Waals surface area contributed by atoms with Crippen LogP contribution in [0.1, 0.15) is 25.2 Å². The molecule has 5 nitrogen and oxygen atoms in total. The molecule has 88 valence electrons. The normalized spacial score (nSPS) is 16.3. The van der Waals surface area contributed by atoms with Gasteiger partial charge in [-0.1, -0.05) is 13.8 Å². The summed E-state index contributed by atoms with van der Waals surface area (Å²) in [5.74, 6) is 1.08. The minimum Gasteiger partial charge on any atom is -0.396 e. The van der Waals surface area contributed by atoms with Crippen molar-refractivity contribution >= 4 is 5.95 Å². The molecule has 0 spiro atoms. The first kappa shape index (κ1) is 11.3. The molecule has 2 rings (SSSR count). The zero-order valence-corrected chi connectivity index (χ0v) is 9.85.